The zero-order valence-corrected chi connectivity index (χ0v) is 20.6. The van der Waals surface area contributed by atoms with Gasteiger partial charge in [0.2, 0.25) is 0 Å². The molecule has 0 aliphatic carbocycles. The lowest BCUT2D eigenvalue weighted by Crippen LogP contribution is -2.40. The zero-order chi connectivity index (χ0) is 20.5. The van der Waals surface area contributed by atoms with Crippen LogP contribution in [-0.4, -0.2) is 65.0 Å². The average Bonchev–Trinajstić information content (AvgIpc) is 3.06. The summed E-state index contributed by atoms with van der Waals surface area (Å²) in [6, 6.07) is 8.36. The molecule has 1 saturated heterocycles. The maximum atomic E-state index is 5.41. The summed E-state index contributed by atoms with van der Waals surface area (Å²) in [6.07, 6.45) is 1.06. The Hall–Kier alpha value is -1.72. The van der Waals surface area contributed by atoms with E-state index >= 15 is 0 Å². The summed E-state index contributed by atoms with van der Waals surface area (Å²) >= 11 is 0. The number of aromatic nitrogens is 3. The third-order valence-electron chi connectivity index (χ3n) is 5.31. The zero-order valence-electron chi connectivity index (χ0n) is 18.2. The number of halogens is 1. The maximum Gasteiger partial charge on any atom is 0.191 e. The van der Waals surface area contributed by atoms with Gasteiger partial charge in [-0.2, -0.15) is 0 Å². The highest BCUT2D eigenvalue weighted by molar-refractivity contribution is 14.0. The predicted octanol–water partition coefficient (Wildman–Crippen LogP) is 2.01. The van der Waals surface area contributed by atoms with Gasteiger partial charge in [0.25, 0.3) is 0 Å². The van der Waals surface area contributed by atoms with Crippen molar-refractivity contribution in [3.8, 4) is 0 Å². The van der Waals surface area contributed by atoms with Crippen LogP contribution in [0.4, 0.5) is 0 Å². The molecule has 3 rings (SSSR count). The van der Waals surface area contributed by atoms with Crippen molar-refractivity contribution in [3.63, 3.8) is 0 Å². The van der Waals surface area contributed by atoms with Crippen LogP contribution in [0.2, 0.25) is 0 Å². The summed E-state index contributed by atoms with van der Waals surface area (Å²) < 4.78 is 7.40. The van der Waals surface area contributed by atoms with E-state index in [1.54, 1.807) is 0 Å². The number of rotatable bonds is 8. The van der Waals surface area contributed by atoms with Crippen LogP contribution in [0.1, 0.15) is 29.2 Å². The molecule has 0 unspecified atom stereocenters. The molecule has 2 N–H and O–H groups in total. The lowest BCUT2D eigenvalue weighted by molar-refractivity contribution is 0.0376. The predicted molar refractivity (Wildman–Crippen MR) is 130 cm³/mol. The summed E-state index contributed by atoms with van der Waals surface area (Å²) in [6.45, 7) is 11.0. The van der Waals surface area contributed by atoms with Gasteiger partial charge in [-0.25, -0.2) is 4.99 Å². The first-order valence-corrected chi connectivity index (χ1v) is 10.3. The molecule has 166 valence electrons. The summed E-state index contributed by atoms with van der Waals surface area (Å²) in [5.41, 5.74) is 2.49. The minimum atomic E-state index is 0. The van der Waals surface area contributed by atoms with Gasteiger partial charge in [-0.05, 0) is 37.9 Å². The normalized spacial score (nSPS) is 15.0. The van der Waals surface area contributed by atoms with Gasteiger partial charge in [-0.1, -0.05) is 24.3 Å². The van der Waals surface area contributed by atoms with Crippen molar-refractivity contribution in [2.24, 2.45) is 12.0 Å². The molecule has 1 aromatic heterocycles. The van der Waals surface area contributed by atoms with Crippen molar-refractivity contribution in [1.82, 2.24) is 30.3 Å². The van der Waals surface area contributed by atoms with Gasteiger partial charge < -0.3 is 19.9 Å². The number of aliphatic imine (C=N–C) groups is 1. The van der Waals surface area contributed by atoms with Gasteiger partial charge in [0.1, 0.15) is 5.82 Å². The standard InChI is InChI=1S/C21H33N7O.HI/c1-17-7-4-5-8-19(17)15-23-21(24-16-20-26-25-18(2)27(20)3)22-9-6-10-28-11-13-29-14-12-28;/h4-5,7-8H,6,9-16H2,1-3H3,(H2,22,23,24);1H. The highest BCUT2D eigenvalue weighted by Crippen LogP contribution is 2.08. The van der Waals surface area contributed by atoms with Gasteiger partial charge in [0.05, 0.1) is 26.3 Å². The number of hydrogen-bond donors (Lipinski definition) is 2. The third-order valence-corrected chi connectivity index (χ3v) is 5.31. The summed E-state index contributed by atoms with van der Waals surface area (Å²) in [5, 5.41) is 15.2. The smallest absolute Gasteiger partial charge is 0.191 e. The van der Waals surface area contributed by atoms with E-state index in [1.165, 1.54) is 11.1 Å². The van der Waals surface area contributed by atoms with Crippen LogP contribution >= 0.6 is 24.0 Å². The first kappa shape index (κ1) is 24.5. The van der Waals surface area contributed by atoms with Crippen LogP contribution in [0.25, 0.3) is 0 Å². The molecule has 8 nitrogen and oxygen atoms in total. The molecule has 0 bridgehead atoms. The summed E-state index contributed by atoms with van der Waals surface area (Å²) in [4.78, 5) is 7.24. The Balaban J connectivity index is 0.00000320. The monoisotopic (exact) mass is 527 g/mol. The SMILES string of the molecule is Cc1ccccc1CN=C(NCCCN1CCOCC1)NCc1nnc(C)n1C.I. The minimum absolute atomic E-state index is 0. The Kier molecular flexibility index (Phi) is 10.5. The molecule has 1 aliphatic heterocycles. The number of aryl methyl sites for hydroxylation is 2. The van der Waals surface area contributed by atoms with Crippen molar-refractivity contribution in [2.45, 2.75) is 33.4 Å². The van der Waals surface area contributed by atoms with E-state index in [0.29, 0.717) is 13.1 Å². The molecule has 2 aromatic rings. The Morgan fingerprint density at radius 1 is 1.13 bits per heavy atom. The fraction of sp³-hybridized carbons (Fsp3) is 0.571. The van der Waals surface area contributed by atoms with Gasteiger partial charge in [0, 0.05) is 26.7 Å². The van der Waals surface area contributed by atoms with Crippen LogP contribution < -0.4 is 10.6 Å². The lowest BCUT2D eigenvalue weighted by atomic mass is 10.1. The van der Waals surface area contributed by atoms with Crippen molar-refractivity contribution in [1.29, 1.82) is 0 Å². The highest BCUT2D eigenvalue weighted by atomic mass is 127. The number of guanidine groups is 1. The van der Waals surface area contributed by atoms with Crippen LogP contribution in [0, 0.1) is 13.8 Å². The number of ether oxygens (including phenoxy) is 1. The fourth-order valence-corrected chi connectivity index (χ4v) is 3.23. The van der Waals surface area contributed by atoms with Crippen molar-refractivity contribution in [2.75, 3.05) is 39.4 Å². The van der Waals surface area contributed by atoms with Crippen LogP contribution in [0.15, 0.2) is 29.3 Å². The molecule has 9 heteroatoms. The Morgan fingerprint density at radius 2 is 1.90 bits per heavy atom. The number of nitrogens with zero attached hydrogens (tertiary/aromatic N) is 5. The molecule has 1 aromatic carbocycles. The summed E-state index contributed by atoms with van der Waals surface area (Å²) in [5.74, 6) is 2.59. The van der Waals surface area contributed by atoms with Gasteiger partial charge in [0.15, 0.2) is 11.8 Å². The quantitative estimate of drug-likeness (QED) is 0.237. The molecule has 0 saturated carbocycles. The number of benzene rings is 1. The molecule has 0 radical (unpaired) electrons. The van der Waals surface area contributed by atoms with E-state index < -0.39 is 0 Å². The average molecular weight is 527 g/mol. The van der Waals surface area contributed by atoms with E-state index in [4.69, 9.17) is 9.73 Å². The molecule has 0 amide bonds. The van der Waals surface area contributed by atoms with Gasteiger partial charge in [-0.3, -0.25) is 4.90 Å². The van der Waals surface area contributed by atoms with Crippen molar-refractivity contribution in [3.05, 3.63) is 47.0 Å². The highest BCUT2D eigenvalue weighted by Gasteiger charge is 2.10. The van der Waals surface area contributed by atoms with Crippen molar-refractivity contribution >= 4 is 29.9 Å². The van der Waals surface area contributed by atoms with Crippen LogP contribution in [0.3, 0.4) is 0 Å². The number of morpholine rings is 1. The maximum absolute atomic E-state index is 5.41. The fourth-order valence-electron chi connectivity index (χ4n) is 3.23. The minimum Gasteiger partial charge on any atom is -0.379 e. The van der Waals surface area contributed by atoms with Gasteiger partial charge >= 0.3 is 0 Å². The third kappa shape index (κ3) is 7.51. The van der Waals surface area contributed by atoms with Crippen molar-refractivity contribution < 1.29 is 4.74 Å². The molecule has 0 atom stereocenters. The van der Waals surface area contributed by atoms with E-state index in [2.05, 4.69) is 56.9 Å². The second kappa shape index (κ2) is 12.9. The van der Waals surface area contributed by atoms with Gasteiger partial charge in [-0.15, -0.1) is 34.2 Å². The van der Waals surface area contributed by atoms with Crippen LogP contribution in [-0.2, 0) is 24.9 Å². The first-order chi connectivity index (χ1) is 14.1. The Labute approximate surface area is 196 Å². The van der Waals surface area contributed by atoms with E-state index in [-0.39, 0.29) is 24.0 Å². The molecular weight excluding hydrogens is 493 g/mol. The molecule has 2 heterocycles. The van der Waals surface area contributed by atoms with Crippen LogP contribution in [0.5, 0.6) is 0 Å². The number of nitrogens with one attached hydrogen (secondary N) is 2. The van der Waals surface area contributed by atoms with E-state index in [0.717, 1.165) is 63.4 Å². The largest absolute Gasteiger partial charge is 0.379 e. The molecule has 0 spiro atoms. The molecule has 1 fully saturated rings. The summed E-state index contributed by atoms with van der Waals surface area (Å²) in [7, 11) is 1.98. The van der Waals surface area contributed by atoms with E-state index in [1.807, 2.05) is 18.5 Å². The molecule has 30 heavy (non-hydrogen) atoms. The van der Waals surface area contributed by atoms with E-state index in [9.17, 15) is 0 Å². The Bertz CT molecular complexity index is 802. The lowest BCUT2D eigenvalue weighted by Gasteiger charge is -2.26. The molecular formula is C21H34IN7O. The number of hydrogen-bond acceptors (Lipinski definition) is 5. The second-order valence-corrected chi connectivity index (χ2v) is 7.40. The Morgan fingerprint density at radius 3 is 2.60 bits per heavy atom. The second-order valence-electron chi connectivity index (χ2n) is 7.40. The topological polar surface area (TPSA) is 79.6 Å². The first-order valence-electron chi connectivity index (χ1n) is 10.3. The molecule has 1 aliphatic rings.